The van der Waals surface area contributed by atoms with Crippen molar-refractivity contribution in [2.75, 3.05) is 13.2 Å². The van der Waals surface area contributed by atoms with Gasteiger partial charge in [0.2, 0.25) is 0 Å². The SMILES string of the molecule is O=C(COC(=O)COc1ccccc1O)N[C@@H]1CCCc2ccccc21. The number of hydrogen-bond donors (Lipinski definition) is 2. The molecule has 0 radical (unpaired) electrons. The summed E-state index contributed by atoms with van der Waals surface area (Å²) < 4.78 is 10.1. The van der Waals surface area contributed by atoms with Gasteiger partial charge in [-0.15, -0.1) is 0 Å². The predicted molar refractivity (Wildman–Crippen MR) is 94.8 cm³/mol. The van der Waals surface area contributed by atoms with Crippen LogP contribution in [0.5, 0.6) is 11.5 Å². The van der Waals surface area contributed by atoms with Crippen LogP contribution in [0.15, 0.2) is 48.5 Å². The Balaban J connectivity index is 1.44. The first-order chi connectivity index (χ1) is 12.6. The predicted octanol–water partition coefficient (Wildman–Crippen LogP) is 2.51. The number of esters is 1. The topological polar surface area (TPSA) is 84.9 Å². The number of aryl methyl sites for hydroxylation is 1. The highest BCUT2D eigenvalue weighted by molar-refractivity contribution is 5.81. The number of hydrogen-bond acceptors (Lipinski definition) is 5. The molecule has 0 heterocycles. The minimum Gasteiger partial charge on any atom is -0.504 e. The third-order valence-electron chi connectivity index (χ3n) is 4.28. The van der Waals surface area contributed by atoms with Crippen LogP contribution in [0.2, 0.25) is 0 Å². The molecule has 136 valence electrons. The fourth-order valence-electron chi connectivity index (χ4n) is 3.04. The van der Waals surface area contributed by atoms with Gasteiger partial charge < -0.3 is 19.9 Å². The Morgan fingerprint density at radius 2 is 1.85 bits per heavy atom. The first kappa shape index (κ1) is 17.8. The average Bonchev–Trinajstić information content (AvgIpc) is 2.66. The summed E-state index contributed by atoms with van der Waals surface area (Å²) in [5, 5.41) is 12.5. The molecule has 0 bridgehead atoms. The number of fused-ring (bicyclic) bond motifs is 1. The van der Waals surface area contributed by atoms with Crippen molar-refractivity contribution in [2.24, 2.45) is 0 Å². The van der Waals surface area contributed by atoms with Gasteiger partial charge in [-0.1, -0.05) is 36.4 Å². The van der Waals surface area contributed by atoms with Crippen LogP contribution < -0.4 is 10.1 Å². The maximum atomic E-state index is 12.1. The molecule has 2 aromatic carbocycles. The summed E-state index contributed by atoms with van der Waals surface area (Å²) in [5.74, 6) is -0.892. The normalized spacial score (nSPS) is 15.6. The molecule has 0 saturated heterocycles. The number of nitrogens with one attached hydrogen (secondary N) is 1. The molecule has 1 amide bonds. The number of benzene rings is 2. The number of carbonyl (C=O) groups excluding carboxylic acids is 2. The van der Waals surface area contributed by atoms with Crippen molar-refractivity contribution in [3.63, 3.8) is 0 Å². The molecule has 3 rings (SSSR count). The van der Waals surface area contributed by atoms with E-state index < -0.39 is 5.97 Å². The highest BCUT2D eigenvalue weighted by atomic mass is 16.6. The fourth-order valence-corrected chi connectivity index (χ4v) is 3.04. The summed E-state index contributed by atoms with van der Waals surface area (Å²) in [6.07, 6.45) is 2.89. The van der Waals surface area contributed by atoms with Crippen molar-refractivity contribution in [3.8, 4) is 11.5 Å². The molecule has 0 saturated carbocycles. The summed E-state index contributed by atoms with van der Waals surface area (Å²) >= 11 is 0. The van der Waals surface area contributed by atoms with Crippen LogP contribution in [0, 0.1) is 0 Å². The average molecular weight is 355 g/mol. The van der Waals surface area contributed by atoms with Crippen LogP contribution in [0.1, 0.15) is 30.0 Å². The number of phenols is 1. The smallest absolute Gasteiger partial charge is 0.344 e. The van der Waals surface area contributed by atoms with E-state index in [4.69, 9.17) is 9.47 Å². The number of para-hydroxylation sites is 2. The minimum absolute atomic E-state index is 0.0522. The van der Waals surface area contributed by atoms with Crippen LogP contribution in [0.4, 0.5) is 0 Å². The van der Waals surface area contributed by atoms with E-state index in [1.165, 1.54) is 17.7 Å². The van der Waals surface area contributed by atoms with Crippen molar-refractivity contribution in [3.05, 3.63) is 59.7 Å². The monoisotopic (exact) mass is 355 g/mol. The van der Waals surface area contributed by atoms with Gasteiger partial charge in [0.15, 0.2) is 24.7 Å². The molecular weight excluding hydrogens is 334 g/mol. The Bertz CT molecular complexity index is 789. The molecule has 0 aromatic heterocycles. The molecule has 1 atom stereocenters. The number of rotatable bonds is 6. The van der Waals surface area contributed by atoms with Crippen molar-refractivity contribution >= 4 is 11.9 Å². The largest absolute Gasteiger partial charge is 0.504 e. The lowest BCUT2D eigenvalue weighted by atomic mass is 9.88. The Kier molecular flexibility index (Phi) is 5.73. The molecular formula is C20H21NO5. The molecule has 0 fully saturated rings. The van der Waals surface area contributed by atoms with Crippen molar-refractivity contribution < 1.29 is 24.2 Å². The van der Waals surface area contributed by atoms with Gasteiger partial charge in [-0.3, -0.25) is 4.79 Å². The van der Waals surface area contributed by atoms with E-state index in [0.717, 1.165) is 24.8 Å². The molecule has 1 aliphatic rings. The van der Waals surface area contributed by atoms with Gasteiger partial charge in [0.1, 0.15) is 0 Å². The summed E-state index contributed by atoms with van der Waals surface area (Å²) in [5.41, 5.74) is 2.37. The quantitative estimate of drug-likeness (QED) is 0.778. The second kappa shape index (κ2) is 8.38. The van der Waals surface area contributed by atoms with E-state index in [1.807, 2.05) is 18.2 Å². The van der Waals surface area contributed by atoms with Crippen LogP contribution in [-0.2, 0) is 20.7 Å². The molecule has 6 heteroatoms. The number of aromatic hydroxyl groups is 1. The standard InChI is InChI=1S/C20H21NO5/c22-17-10-3-4-11-18(17)25-13-20(24)26-12-19(23)21-16-9-5-7-14-6-1-2-8-15(14)16/h1-4,6,8,10-11,16,22H,5,7,9,12-13H2,(H,21,23)/t16-/m1/s1. The lowest BCUT2D eigenvalue weighted by molar-refractivity contribution is -0.150. The summed E-state index contributed by atoms with van der Waals surface area (Å²) in [4.78, 5) is 23.8. The lowest BCUT2D eigenvalue weighted by Gasteiger charge is -2.26. The summed E-state index contributed by atoms with van der Waals surface area (Å²) in [7, 11) is 0. The third-order valence-corrected chi connectivity index (χ3v) is 4.28. The Morgan fingerprint density at radius 3 is 2.69 bits per heavy atom. The van der Waals surface area contributed by atoms with Gasteiger partial charge in [-0.05, 0) is 42.5 Å². The zero-order valence-electron chi connectivity index (χ0n) is 14.3. The molecule has 2 N–H and O–H groups in total. The highest BCUT2D eigenvalue weighted by Gasteiger charge is 2.21. The molecule has 0 spiro atoms. The number of carbonyl (C=O) groups is 2. The van der Waals surface area contributed by atoms with E-state index >= 15 is 0 Å². The van der Waals surface area contributed by atoms with Crippen molar-refractivity contribution in [1.82, 2.24) is 5.32 Å². The Morgan fingerprint density at radius 1 is 1.08 bits per heavy atom. The van der Waals surface area contributed by atoms with E-state index in [2.05, 4.69) is 11.4 Å². The molecule has 1 aliphatic carbocycles. The zero-order chi connectivity index (χ0) is 18.4. The van der Waals surface area contributed by atoms with E-state index in [9.17, 15) is 14.7 Å². The van der Waals surface area contributed by atoms with E-state index in [0.29, 0.717) is 0 Å². The maximum absolute atomic E-state index is 12.1. The Labute approximate surface area is 151 Å². The molecule has 2 aromatic rings. The highest BCUT2D eigenvalue weighted by Crippen LogP contribution is 2.29. The summed E-state index contributed by atoms with van der Waals surface area (Å²) in [6.45, 7) is -0.737. The van der Waals surface area contributed by atoms with Gasteiger partial charge in [-0.25, -0.2) is 4.79 Å². The third kappa shape index (κ3) is 4.53. The van der Waals surface area contributed by atoms with Crippen LogP contribution in [0.3, 0.4) is 0 Å². The van der Waals surface area contributed by atoms with Gasteiger partial charge in [0.25, 0.3) is 5.91 Å². The van der Waals surface area contributed by atoms with Gasteiger partial charge in [-0.2, -0.15) is 0 Å². The first-order valence-corrected chi connectivity index (χ1v) is 8.57. The fraction of sp³-hybridized carbons (Fsp3) is 0.300. The number of ether oxygens (including phenoxy) is 2. The Hall–Kier alpha value is -3.02. The van der Waals surface area contributed by atoms with Gasteiger partial charge in [0, 0.05) is 0 Å². The van der Waals surface area contributed by atoms with Gasteiger partial charge in [0.05, 0.1) is 6.04 Å². The maximum Gasteiger partial charge on any atom is 0.344 e. The lowest BCUT2D eigenvalue weighted by Crippen LogP contribution is -2.34. The zero-order valence-corrected chi connectivity index (χ0v) is 14.3. The van der Waals surface area contributed by atoms with Crippen LogP contribution in [-0.4, -0.2) is 30.2 Å². The second-order valence-electron chi connectivity index (χ2n) is 6.13. The van der Waals surface area contributed by atoms with Crippen LogP contribution >= 0.6 is 0 Å². The molecule has 0 unspecified atom stereocenters. The second-order valence-corrected chi connectivity index (χ2v) is 6.13. The molecule has 6 nitrogen and oxygen atoms in total. The molecule has 0 aliphatic heterocycles. The van der Waals surface area contributed by atoms with E-state index in [1.54, 1.807) is 12.1 Å². The first-order valence-electron chi connectivity index (χ1n) is 8.57. The van der Waals surface area contributed by atoms with E-state index in [-0.39, 0.29) is 36.7 Å². The number of phenolic OH excluding ortho intramolecular Hbond substituents is 1. The number of amides is 1. The minimum atomic E-state index is -0.674. The van der Waals surface area contributed by atoms with Crippen LogP contribution in [0.25, 0.3) is 0 Å². The van der Waals surface area contributed by atoms with Crippen molar-refractivity contribution in [2.45, 2.75) is 25.3 Å². The van der Waals surface area contributed by atoms with Crippen molar-refractivity contribution in [1.29, 1.82) is 0 Å². The summed E-state index contributed by atoms with van der Waals surface area (Å²) in [6, 6.07) is 14.3. The molecule has 26 heavy (non-hydrogen) atoms. The van der Waals surface area contributed by atoms with Gasteiger partial charge >= 0.3 is 5.97 Å².